The Morgan fingerprint density at radius 1 is 1.39 bits per heavy atom. The maximum atomic E-state index is 10.2. The Morgan fingerprint density at radius 2 is 2.17 bits per heavy atom. The Morgan fingerprint density at radius 3 is 2.83 bits per heavy atom. The first-order chi connectivity index (χ1) is 8.72. The second kappa shape index (κ2) is 5.69. The highest BCUT2D eigenvalue weighted by Crippen LogP contribution is 2.27. The molecule has 2 aromatic rings. The lowest BCUT2D eigenvalue weighted by molar-refractivity contribution is 0.162. The van der Waals surface area contributed by atoms with Crippen LogP contribution in [0, 0.1) is 0 Å². The van der Waals surface area contributed by atoms with Crippen LogP contribution in [0.2, 0.25) is 0 Å². The predicted octanol–water partition coefficient (Wildman–Crippen LogP) is 2.09. The Bertz CT molecular complexity index is 508. The van der Waals surface area contributed by atoms with Crippen molar-refractivity contribution in [1.29, 1.82) is 0 Å². The van der Waals surface area contributed by atoms with Crippen LogP contribution in [0.3, 0.4) is 0 Å². The molecule has 1 aromatic carbocycles. The average Bonchev–Trinajstić information content (AvgIpc) is 2.81. The molecule has 0 saturated heterocycles. The first kappa shape index (κ1) is 12.6. The lowest BCUT2D eigenvalue weighted by atomic mass is 10.0. The fraction of sp³-hybridized carbons (Fsp3) is 0.357. The lowest BCUT2D eigenvalue weighted by Crippen LogP contribution is -2.05. The van der Waals surface area contributed by atoms with Crippen molar-refractivity contribution in [3.63, 3.8) is 0 Å². The molecule has 0 amide bonds. The molecule has 4 nitrogen and oxygen atoms in total. The highest BCUT2D eigenvalue weighted by atomic mass is 16.5. The summed E-state index contributed by atoms with van der Waals surface area (Å²) >= 11 is 0. The average molecular weight is 246 g/mol. The molecule has 0 radical (unpaired) electrons. The van der Waals surface area contributed by atoms with Crippen molar-refractivity contribution < 1.29 is 9.84 Å². The first-order valence-corrected chi connectivity index (χ1v) is 5.99. The Balaban J connectivity index is 2.03. The van der Waals surface area contributed by atoms with Crippen molar-refractivity contribution in [2.24, 2.45) is 7.05 Å². The molecule has 0 spiro atoms. The summed E-state index contributed by atoms with van der Waals surface area (Å²) in [5, 5.41) is 10.2. The van der Waals surface area contributed by atoms with Gasteiger partial charge in [0.25, 0.3) is 0 Å². The quantitative estimate of drug-likeness (QED) is 0.878. The van der Waals surface area contributed by atoms with E-state index in [1.807, 2.05) is 42.1 Å². The molecule has 0 fully saturated rings. The number of aromatic nitrogens is 2. The highest BCUT2D eigenvalue weighted by molar-refractivity contribution is 5.34. The summed E-state index contributed by atoms with van der Waals surface area (Å²) in [5.74, 6) is 1.70. The van der Waals surface area contributed by atoms with Gasteiger partial charge in [-0.1, -0.05) is 18.2 Å². The lowest BCUT2D eigenvalue weighted by Gasteiger charge is -2.14. The van der Waals surface area contributed by atoms with E-state index < -0.39 is 6.10 Å². The van der Waals surface area contributed by atoms with Gasteiger partial charge in [-0.15, -0.1) is 0 Å². The maximum absolute atomic E-state index is 10.2. The van der Waals surface area contributed by atoms with E-state index in [9.17, 15) is 5.11 Å². The zero-order chi connectivity index (χ0) is 13.0. The molecular formula is C14H18N2O2. The van der Waals surface area contributed by atoms with Crippen molar-refractivity contribution in [1.82, 2.24) is 9.55 Å². The Kier molecular flexibility index (Phi) is 3.99. The molecule has 1 unspecified atom stereocenters. The van der Waals surface area contributed by atoms with Crippen LogP contribution in [0.15, 0.2) is 36.7 Å². The van der Waals surface area contributed by atoms with Crippen molar-refractivity contribution in [3.05, 3.63) is 48.0 Å². The van der Waals surface area contributed by atoms with Gasteiger partial charge in [-0.05, 0) is 12.5 Å². The SMILES string of the molecule is COc1ccccc1C(O)CCc1nccn1C. The zero-order valence-corrected chi connectivity index (χ0v) is 10.7. The number of methoxy groups -OCH3 is 1. The van der Waals surface area contributed by atoms with Crippen LogP contribution in [-0.2, 0) is 13.5 Å². The van der Waals surface area contributed by atoms with Crippen molar-refractivity contribution in [2.75, 3.05) is 7.11 Å². The number of ether oxygens (including phenoxy) is 1. The van der Waals surface area contributed by atoms with Crippen molar-refractivity contribution in [3.8, 4) is 5.75 Å². The summed E-state index contributed by atoms with van der Waals surface area (Å²) in [4.78, 5) is 4.24. The van der Waals surface area contributed by atoms with Gasteiger partial charge in [0, 0.05) is 31.4 Å². The van der Waals surface area contributed by atoms with Gasteiger partial charge >= 0.3 is 0 Å². The summed E-state index contributed by atoms with van der Waals surface area (Å²) in [7, 11) is 3.57. The number of aliphatic hydroxyl groups is 1. The first-order valence-electron chi connectivity index (χ1n) is 5.99. The third-order valence-electron chi connectivity index (χ3n) is 3.06. The summed E-state index contributed by atoms with van der Waals surface area (Å²) < 4.78 is 7.21. The standard InChI is InChI=1S/C14H18N2O2/c1-16-10-9-15-14(16)8-7-12(17)11-5-3-4-6-13(11)18-2/h3-6,9-10,12,17H,7-8H2,1-2H3. The number of aryl methyl sites for hydroxylation is 2. The normalized spacial score (nSPS) is 12.4. The predicted molar refractivity (Wildman–Crippen MR) is 69.5 cm³/mol. The minimum absolute atomic E-state index is 0.530. The van der Waals surface area contributed by atoms with Crippen molar-refractivity contribution >= 4 is 0 Å². The molecule has 2 rings (SSSR count). The second-order valence-corrected chi connectivity index (χ2v) is 4.25. The number of hydrogen-bond donors (Lipinski definition) is 1. The van der Waals surface area contributed by atoms with Crippen LogP contribution in [0.5, 0.6) is 5.75 Å². The number of imidazole rings is 1. The van der Waals surface area contributed by atoms with E-state index in [-0.39, 0.29) is 0 Å². The van der Waals surface area contributed by atoms with Gasteiger partial charge in [0.1, 0.15) is 11.6 Å². The third kappa shape index (κ3) is 2.71. The van der Waals surface area contributed by atoms with E-state index in [1.54, 1.807) is 13.3 Å². The largest absolute Gasteiger partial charge is 0.496 e. The fourth-order valence-electron chi connectivity index (χ4n) is 2.00. The number of rotatable bonds is 5. The van der Waals surface area contributed by atoms with Gasteiger partial charge < -0.3 is 14.4 Å². The topological polar surface area (TPSA) is 47.3 Å². The van der Waals surface area contributed by atoms with Crippen LogP contribution in [0.1, 0.15) is 23.9 Å². The van der Waals surface area contributed by atoms with Gasteiger partial charge in [-0.2, -0.15) is 0 Å². The minimum Gasteiger partial charge on any atom is -0.496 e. The van der Waals surface area contributed by atoms with E-state index in [1.165, 1.54) is 0 Å². The molecule has 0 aliphatic carbocycles. The van der Waals surface area contributed by atoms with Crippen LogP contribution in [0.4, 0.5) is 0 Å². The molecule has 0 aliphatic rings. The molecule has 1 atom stereocenters. The van der Waals surface area contributed by atoms with Gasteiger partial charge in [0.05, 0.1) is 13.2 Å². The molecule has 0 bridgehead atoms. The number of nitrogens with zero attached hydrogens (tertiary/aromatic N) is 2. The van der Waals surface area contributed by atoms with E-state index in [4.69, 9.17) is 4.74 Å². The van der Waals surface area contributed by atoms with Crippen LogP contribution in [0.25, 0.3) is 0 Å². The molecule has 0 aliphatic heterocycles. The molecule has 1 N–H and O–H groups in total. The van der Waals surface area contributed by atoms with Crippen LogP contribution < -0.4 is 4.74 Å². The number of hydrogen-bond acceptors (Lipinski definition) is 3. The Labute approximate surface area is 107 Å². The van der Waals surface area contributed by atoms with Crippen LogP contribution in [-0.4, -0.2) is 21.8 Å². The van der Waals surface area contributed by atoms with Crippen molar-refractivity contribution in [2.45, 2.75) is 18.9 Å². The molecule has 0 saturated carbocycles. The number of benzene rings is 1. The third-order valence-corrected chi connectivity index (χ3v) is 3.06. The number of para-hydroxylation sites is 1. The van der Waals surface area contributed by atoms with E-state index in [2.05, 4.69) is 4.98 Å². The molecule has 18 heavy (non-hydrogen) atoms. The zero-order valence-electron chi connectivity index (χ0n) is 10.7. The molecule has 1 heterocycles. The minimum atomic E-state index is -0.530. The van der Waals surface area contributed by atoms with E-state index >= 15 is 0 Å². The number of aliphatic hydroxyl groups excluding tert-OH is 1. The van der Waals surface area contributed by atoms with Gasteiger partial charge in [-0.3, -0.25) is 0 Å². The van der Waals surface area contributed by atoms with Crippen LogP contribution >= 0.6 is 0 Å². The molecule has 4 heteroatoms. The van der Waals surface area contributed by atoms with E-state index in [0.717, 1.165) is 23.6 Å². The van der Waals surface area contributed by atoms with Gasteiger partial charge in [0.15, 0.2) is 0 Å². The second-order valence-electron chi connectivity index (χ2n) is 4.25. The maximum Gasteiger partial charge on any atom is 0.124 e. The molecule has 96 valence electrons. The smallest absolute Gasteiger partial charge is 0.124 e. The van der Waals surface area contributed by atoms with Gasteiger partial charge in [-0.25, -0.2) is 4.98 Å². The fourth-order valence-corrected chi connectivity index (χ4v) is 2.00. The van der Waals surface area contributed by atoms with Gasteiger partial charge in [0.2, 0.25) is 0 Å². The molecular weight excluding hydrogens is 228 g/mol. The van der Waals surface area contributed by atoms with E-state index in [0.29, 0.717) is 6.42 Å². The molecule has 1 aromatic heterocycles. The summed E-state index contributed by atoms with van der Waals surface area (Å²) in [6.07, 6.45) is 4.52. The summed E-state index contributed by atoms with van der Waals surface area (Å²) in [6.45, 7) is 0. The summed E-state index contributed by atoms with van der Waals surface area (Å²) in [5.41, 5.74) is 0.828. The monoisotopic (exact) mass is 246 g/mol. The summed E-state index contributed by atoms with van der Waals surface area (Å²) in [6, 6.07) is 7.55. The Hall–Kier alpha value is -1.81. The highest BCUT2D eigenvalue weighted by Gasteiger charge is 2.13.